The summed E-state index contributed by atoms with van der Waals surface area (Å²) in [6.07, 6.45) is -0.288. The van der Waals surface area contributed by atoms with Gasteiger partial charge in [0.15, 0.2) is 11.5 Å². The fraction of sp³-hybridized carbons (Fsp3) is 0.238. The van der Waals surface area contributed by atoms with Gasteiger partial charge < -0.3 is 23.7 Å². The minimum absolute atomic E-state index is 0.0430. The van der Waals surface area contributed by atoms with E-state index in [0.717, 1.165) is 0 Å². The molecule has 0 saturated carbocycles. The van der Waals surface area contributed by atoms with E-state index in [0.29, 0.717) is 34.4 Å². The second-order valence-electron chi connectivity index (χ2n) is 6.39. The van der Waals surface area contributed by atoms with Crippen LogP contribution in [0.1, 0.15) is 18.1 Å². The molecule has 3 aromatic rings. The van der Waals surface area contributed by atoms with Crippen molar-refractivity contribution in [2.75, 3.05) is 6.61 Å². The second kappa shape index (κ2) is 7.26. The van der Waals surface area contributed by atoms with Gasteiger partial charge in [0, 0.05) is 23.1 Å². The first-order valence-electron chi connectivity index (χ1n) is 8.89. The van der Waals surface area contributed by atoms with Crippen LogP contribution in [-0.2, 0) is 22.6 Å². The van der Waals surface area contributed by atoms with E-state index in [2.05, 4.69) is 0 Å². The summed E-state index contributed by atoms with van der Waals surface area (Å²) in [6.45, 7) is 1.82. The van der Waals surface area contributed by atoms with E-state index >= 15 is 0 Å². The van der Waals surface area contributed by atoms with Crippen LogP contribution in [0, 0.1) is 0 Å². The number of fused-ring (bicyclic) bond motifs is 2. The number of para-hydroxylation sites is 2. The summed E-state index contributed by atoms with van der Waals surface area (Å²) >= 11 is 0. The van der Waals surface area contributed by atoms with Crippen LogP contribution < -0.4 is 15.1 Å². The van der Waals surface area contributed by atoms with Gasteiger partial charge in [0.05, 0.1) is 0 Å². The first kappa shape index (κ1) is 17.9. The Kier molecular flexibility index (Phi) is 4.65. The van der Waals surface area contributed by atoms with Gasteiger partial charge in [-0.2, -0.15) is 0 Å². The molecule has 144 valence electrons. The van der Waals surface area contributed by atoms with Crippen molar-refractivity contribution in [1.82, 2.24) is 0 Å². The number of aryl methyl sites for hydroxylation is 1. The number of rotatable bonds is 4. The van der Waals surface area contributed by atoms with Crippen LogP contribution in [0.2, 0.25) is 0 Å². The first-order chi connectivity index (χ1) is 13.5. The van der Waals surface area contributed by atoms with Crippen molar-refractivity contribution in [3.05, 3.63) is 64.0 Å². The van der Waals surface area contributed by atoms with E-state index in [4.69, 9.17) is 18.6 Å². The third kappa shape index (κ3) is 3.38. The Hall–Kier alpha value is -3.48. The molecule has 2 aromatic carbocycles. The first-order valence-corrected chi connectivity index (χ1v) is 8.89. The third-order valence-corrected chi connectivity index (χ3v) is 4.55. The van der Waals surface area contributed by atoms with Gasteiger partial charge in [-0.05, 0) is 30.2 Å². The van der Waals surface area contributed by atoms with Gasteiger partial charge in [-0.3, -0.25) is 0 Å². The topological polar surface area (TPSA) is 95.2 Å². The summed E-state index contributed by atoms with van der Waals surface area (Å²) < 4.78 is 21.7. The number of carbonyl (C=O) groups excluding carboxylic acids is 1. The number of benzene rings is 2. The predicted molar refractivity (Wildman–Crippen MR) is 99.7 cm³/mol. The molecule has 0 fully saturated rings. The van der Waals surface area contributed by atoms with Crippen LogP contribution in [0.15, 0.2) is 51.7 Å². The highest BCUT2D eigenvalue weighted by molar-refractivity contribution is 5.83. The summed E-state index contributed by atoms with van der Waals surface area (Å²) in [7, 11) is 0. The quantitative estimate of drug-likeness (QED) is 0.547. The minimum Gasteiger partial charge on any atom is -0.508 e. The Balaban J connectivity index is 1.54. The van der Waals surface area contributed by atoms with Crippen LogP contribution in [0.4, 0.5) is 0 Å². The number of hydrogen-bond donors (Lipinski definition) is 1. The largest absolute Gasteiger partial charge is 0.508 e. The van der Waals surface area contributed by atoms with Crippen molar-refractivity contribution < 1.29 is 28.5 Å². The van der Waals surface area contributed by atoms with Gasteiger partial charge in [0.2, 0.25) is 6.10 Å². The van der Waals surface area contributed by atoms with E-state index in [1.807, 2.05) is 13.0 Å². The highest BCUT2D eigenvalue weighted by Gasteiger charge is 2.28. The maximum Gasteiger partial charge on any atom is 0.351 e. The zero-order chi connectivity index (χ0) is 19.7. The van der Waals surface area contributed by atoms with Crippen LogP contribution in [0.25, 0.3) is 11.0 Å². The van der Waals surface area contributed by atoms with Crippen molar-refractivity contribution in [2.45, 2.75) is 26.1 Å². The minimum atomic E-state index is -0.892. The average molecular weight is 382 g/mol. The molecule has 0 spiro atoms. The summed E-state index contributed by atoms with van der Waals surface area (Å²) in [5, 5.41) is 10.6. The van der Waals surface area contributed by atoms with Gasteiger partial charge >= 0.3 is 11.6 Å². The fourth-order valence-corrected chi connectivity index (χ4v) is 3.09. The molecule has 1 aromatic heterocycles. The molecule has 28 heavy (non-hydrogen) atoms. The molecule has 0 bridgehead atoms. The zero-order valence-corrected chi connectivity index (χ0v) is 15.1. The van der Waals surface area contributed by atoms with Crippen molar-refractivity contribution in [3.63, 3.8) is 0 Å². The molecule has 0 amide bonds. The zero-order valence-electron chi connectivity index (χ0n) is 15.1. The number of esters is 1. The van der Waals surface area contributed by atoms with E-state index in [1.54, 1.807) is 24.3 Å². The monoisotopic (exact) mass is 382 g/mol. The normalized spacial score (nSPS) is 15.4. The summed E-state index contributed by atoms with van der Waals surface area (Å²) in [5.74, 6) is 0.513. The molecule has 1 atom stereocenters. The molecule has 7 heteroatoms. The Morgan fingerprint density at radius 3 is 2.75 bits per heavy atom. The lowest BCUT2D eigenvalue weighted by Gasteiger charge is -2.25. The fourth-order valence-electron chi connectivity index (χ4n) is 3.09. The summed E-state index contributed by atoms with van der Waals surface area (Å²) in [5.41, 5.74) is 0.841. The second-order valence-corrected chi connectivity index (χ2v) is 6.39. The Labute approximate surface area is 160 Å². The number of phenolic OH excluding ortho intramolecular Hbond substituents is 1. The molecular formula is C21H18O7. The maximum absolute atomic E-state index is 12.4. The van der Waals surface area contributed by atoms with Gasteiger partial charge in [-0.1, -0.05) is 19.1 Å². The molecule has 1 aliphatic rings. The highest BCUT2D eigenvalue weighted by atomic mass is 16.6. The highest BCUT2D eigenvalue weighted by Crippen LogP contribution is 2.31. The van der Waals surface area contributed by atoms with Crippen molar-refractivity contribution in [1.29, 1.82) is 0 Å². The van der Waals surface area contributed by atoms with Gasteiger partial charge in [-0.25, -0.2) is 9.59 Å². The molecule has 7 nitrogen and oxygen atoms in total. The molecule has 0 aliphatic carbocycles. The molecule has 2 heterocycles. The van der Waals surface area contributed by atoms with E-state index in [1.165, 1.54) is 12.1 Å². The van der Waals surface area contributed by atoms with Crippen molar-refractivity contribution >= 4 is 16.9 Å². The predicted octanol–water partition coefficient (Wildman–Crippen LogP) is 2.94. The number of ether oxygens (including phenoxy) is 3. The Morgan fingerprint density at radius 2 is 1.96 bits per heavy atom. The van der Waals surface area contributed by atoms with E-state index in [-0.39, 0.29) is 24.5 Å². The smallest absolute Gasteiger partial charge is 0.351 e. The maximum atomic E-state index is 12.4. The Bertz CT molecular complexity index is 1100. The molecule has 4 rings (SSSR count). The van der Waals surface area contributed by atoms with Gasteiger partial charge in [-0.15, -0.1) is 0 Å². The Morgan fingerprint density at radius 1 is 1.18 bits per heavy atom. The SMILES string of the molecule is CCc1cc2c(COC(=O)[C@@H]3COc4ccccc4O3)cc(=O)oc2cc1O. The van der Waals surface area contributed by atoms with Crippen LogP contribution in [0.5, 0.6) is 17.2 Å². The standard InChI is InChI=1S/C21H18O7/c1-2-12-7-14-13(8-20(23)28-18(14)9-15(12)22)10-26-21(24)19-11-25-16-5-3-4-6-17(16)27-19/h3-9,19,22H,2,10-11H2,1H3/t19-/m0/s1. The number of phenols is 1. The third-order valence-electron chi connectivity index (χ3n) is 4.55. The average Bonchev–Trinajstić information content (AvgIpc) is 2.70. The van der Waals surface area contributed by atoms with Gasteiger partial charge in [0.1, 0.15) is 24.5 Å². The molecule has 0 unspecified atom stereocenters. The lowest BCUT2D eigenvalue weighted by molar-refractivity contribution is -0.155. The summed E-state index contributed by atoms with van der Waals surface area (Å²) in [4.78, 5) is 24.2. The van der Waals surface area contributed by atoms with Crippen molar-refractivity contribution in [2.24, 2.45) is 0 Å². The number of carbonyl (C=O) groups is 1. The molecule has 0 radical (unpaired) electrons. The lowest BCUT2D eigenvalue weighted by atomic mass is 10.0. The molecule has 1 N–H and O–H groups in total. The van der Waals surface area contributed by atoms with Gasteiger partial charge in [0.25, 0.3) is 0 Å². The number of aromatic hydroxyl groups is 1. The van der Waals surface area contributed by atoms with E-state index < -0.39 is 17.7 Å². The molecular weight excluding hydrogens is 364 g/mol. The van der Waals surface area contributed by atoms with Crippen molar-refractivity contribution in [3.8, 4) is 17.2 Å². The van der Waals surface area contributed by atoms with Crippen LogP contribution >= 0.6 is 0 Å². The lowest BCUT2D eigenvalue weighted by Crippen LogP contribution is -2.37. The van der Waals surface area contributed by atoms with E-state index in [9.17, 15) is 14.7 Å². The number of hydrogen-bond acceptors (Lipinski definition) is 7. The van der Waals surface area contributed by atoms with Crippen LogP contribution in [-0.4, -0.2) is 23.8 Å². The van der Waals surface area contributed by atoms with Crippen LogP contribution in [0.3, 0.4) is 0 Å². The molecule has 1 aliphatic heterocycles. The summed E-state index contributed by atoms with van der Waals surface area (Å²) in [6, 6.07) is 11.5. The molecule has 0 saturated heterocycles.